The second kappa shape index (κ2) is 7.35. The van der Waals surface area contributed by atoms with Gasteiger partial charge in [-0.2, -0.15) is 0 Å². The molecule has 0 saturated heterocycles. The third-order valence-electron chi connectivity index (χ3n) is 2.93. The van der Waals surface area contributed by atoms with Crippen molar-refractivity contribution in [3.63, 3.8) is 0 Å². The minimum absolute atomic E-state index is 0.0779. The van der Waals surface area contributed by atoms with E-state index in [9.17, 15) is 13.6 Å². The van der Waals surface area contributed by atoms with E-state index in [1.165, 1.54) is 7.11 Å². The zero-order valence-electron chi connectivity index (χ0n) is 11.9. The highest BCUT2D eigenvalue weighted by atomic mass is 19.1. The standard InChI is InChI=1S/C15H15F2N3O2/c1-22-14-10(3-2-6-18-14)8-19-15(21)20-9-11-7-12(16)4-5-13(11)17/h2-7H,8-9H2,1H3,(H2,19,20,21). The van der Waals surface area contributed by atoms with Gasteiger partial charge in [0.05, 0.1) is 7.11 Å². The van der Waals surface area contributed by atoms with E-state index in [1.54, 1.807) is 18.3 Å². The van der Waals surface area contributed by atoms with E-state index >= 15 is 0 Å². The van der Waals surface area contributed by atoms with Crippen LogP contribution in [-0.4, -0.2) is 18.1 Å². The number of nitrogens with zero attached hydrogens (tertiary/aromatic N) is 1. The van der Waals surface area contributed by atoms with Crippen molar-refractivity contribution >= 4 is 6.03 Å². The van der Waals surface area contributed by atoms with Gasteiger partial charge in [-0.1, -0.05) is 6.07 Å². The van der Waals surface area contributed by atoms with Gasteiger partial charge in [0, 0.05) is 30.4 Å². The fraction of sp³-hybridized carbons (Fsp3) is 0.200. The molecule has 22 heavy (non-hydrogen) atoms. The number of amides is 2. The summed E-state index contributed by atoms with van der Waals surface area (Å²) in [4.78, 5) is 15.7. The molecule has 2 N–H and O–H groups in total. The Morgan fingerprint density at radius 3 is 2.64 bits per heavy atom. The largest absolute Gasteiger partial charge is 0.481 e. The van der Waals surface area contributed by atoms with E-state index in [2.05, 4.69) is 15.6 Å². The van der Waals surface area contributed by atoms with Crippen LogP contribution in [0.15, 0.2) is 36.5 Å². The molecule has 7 heteroatoms. The number of aromatic nitrogens is 1. The van der Waals surface area contributed by atoms with Crippen LogP contribution in [0.1, 0.15) is 11.1 Å². The number of methoxy groups -OCH3 is 1. The van der Waals surface area contributed by atoms with Crippen LogP contribution in [0.5, 0.6) is 5.88 Å². The van der Waals surface area contributed by atoms with Gasteiger partial charge < -0.3 is 15.4 Å². The van der Waals surface area contributed by atoms with Crippen LogP contribution in [0.3, 0.4) is 0 Å². The van der Waals surface area contributed by atoms with Gasteiger partial charge in [0.25, 0.3) is 0 Å². The van der Waals surface area contributed by atoms with Crippen molar-refractivity contribution in [3.05, 3.63) is 59.3 Å². The lowest BCUT2D eigenvalue weighted by Crippen LogP contribution is -2.34. The number of carbonyl (C=O) groups is 1. The molecular formula is C15H15F2N3O2. The first kappa shape index (κ1) is 15.7. The molecule has 1 aromatic carbocycles. The van der Waals surface area contributed by atoms with Gasteiger partial charge in [0.15, 0.2) is 0 Å². The van der Waals surface area contributed by atoms with E-state index < -0.39 is 17.7 Å². The molecule has 116 valence electrons. The fourth-order valence-electron chi connectivity index (χ4n) is 1.83. The molecule has 0 aliphatic rings. The van der Waals surface area contributed by atoms with Gasteiger partial charge in [-0.25, -0.2) is 18.6 Å². The first-order valence-electron chi connectivity index (χ1n) is 6.53. The van der Waals surface area contributed by atoms with Crippen molar-refractivity contribution in [3.8, 4) is 5.88 Å². The molecule has 0 bridgehead atoms. The maximum atomic E-state index is 13.4. The smallest absolute Gasteiger partial charge is 0.315 e. The monoisotopic (exact) mass is 307 g/mol. The quantitative estimate of drug-likeness (QED) is 0.891. The minimum atomic E-state index is -0.573. The van der Waals surface area contributed by atoms with Crippen molar-refractivity contribution in [1.82, 2.24) is 15.6 Å². The van der Waals surface area contributed by atoms with Crippen LogP contribution in [0.25, 0.3) is 0 Å². The van der Waals surface area contributed by atoms with Crippen molar-refractivity contribution in [2.75, 3.05) is 7.11 Å². The van der Waals surface area contributed by atoms with Crippen LogP contribution in [0.2, 0.25) is 0 Å². The molecule has 1 aromatic heterocycles. The molecular weight excluding hydrogens is 292 g/mol. The zero-order valence-corrected chi connectivity index (χ0v) is 11.9. The van der Waals surface area contributed by atoms with Crippen LogP contribution in [-0.2, 0) is 13.1 Å². The number of carbonyl (C=O) groups excluding carboxylic acids is 1. The number of nitrogens with one attached hydrogen (secondary N) is 2. The second-order valence-electron chi connectivity index (χ2n) is 4.44. The molecule has 0 radical (unpaired) electrons. The summed E-state index contributed by atoms with van der Waals surface area (Å²) in [5.41, 5.74) is 0.784. The predicted molar refractivity (Wildman–Crippen MR) is 76.2 cm³/mol. The molecule has 0 saturated carbocycles. The first-order chi connectivity index (χ1) is 10.6. The van der Waals surface area contributed by atoms with Crippen LogP contribution in [0.4, 0.5) is 13.6 Å². The Morgan fingerprint density at radius 1 is 1.18 bits per heavy atom. The molecule has 0 fully saturated rings. The number of halogens is 2. The van der Waals surface area contributed by atoms with Crippen molar-refractivity contribution in [2.45, 2.75) is 13.1 Å². The maximum absolute atomic E-state index is 13.4. The number of rotatable bonds is 5. The van der Waals surface area contributed by atoms with E-state index in [-0.39, 0.29) is 18.7 Å². The lowest BCUT2D eigenvalue weighted by Gasteiger charge is -2.10. The highest BCUT2D eigenvalue weighted by Crippen LogP contribution is 2.13. The summed E-state index contributed by atoms with van der Waals surface area (Å²) in [6.07, 6.45) is 1.58. The predicted octanol–water partition coefficient (Wildman–Crippen LogP) is 2.37. The van der Waals surface area contributed by atoms with Crippen LogP contribution < -0.4 is 15.4 Å². The summed E-state index contributed by atoms with van der Waals surface area (Å²) >= 11 is 0. The van der Waals surface area contributed by atoms with Crippen molar-refractivity contribution < 1.29 is 18.3 Å². The highest BCUT2D eigenvalue weighted by molar-refractivity contribution is 5.73. The Hall–Kier alpha value is -2.70. The summed E-state index contributed by atoms with van der Waals surface area (Å²) in [5.74, 6) is -0.715. The third-order valence-corrected chi connectivity index (χ3v) is 2.93. The summed E-state index contributed by atoms with van der Waals surface area (Å²) in [6.45, 7) is 0.0914. The molecule has 2 aromatic rings. The average Bonchev–Trinajstić information content (AvgIpc) is 2.54. The maximum Gasteiger partial charge on any atom is 0.315 e. The molecule has 2 amide bonds. The summed E-state index contributed by atoms with van der Waals surface area (Å²) in [5, 5.41) is 5.05. The normalized spacial score (nSPS) is 10.1. The highest BCUT2D eigenvalue weighted by Gasteiger charge is 2.08. The van der Waals surface area contributed by atoms with Gasteiger partial charge in [-0.3, -0.25) is 0 Å². The van der Waals surface area contributed by atoms with Crippen molar-refractivity contribution in [2.24, 2.45) is 0 Å². The van der Waals surface area contributed by atoms with E-state index in [4.69, 9.17) is 4.74 Å². The number of hydrogen-bond donors (Lipinski definition) is 2. The fourth-order valence-corrected chi connectivity index (χ4v) is 1.83. The number of ether oxygens (including phenoxy) is 1. The second-order valence-corrected chi connectivity index (χ2v) is 4.44. The zero-order chi connectivity index (χ0) is 15.9. The molecule has 0 atom stereocenters. The SMILES string of the molecule is COc1ncccc1CNC(=O)NCc1cc(F)ccc1F. The van der Waals surface area contributed by atoms with Gasteiger partial charge >= 0.3 is 6.03 Å². The van der Waals surface area contributed by atoms with Gasteiger partial charge in [0.1, 0.15) is 11.6 Å². The number of pyridine rings is 1. The van der Waals surface area contributed by atoms with Gasteiger partial charge in [-0.05, 0) is 24.3 Å². The van der Waals surface area contributed by atoms with E-state index in [1.807, 2.05) is 0 Å². The number of benzene rings is 1. The molecule has 0 aliphatic carbocycles. The Kier molecular flexibility index (Phi) is 5.24. The van der Waals surface area contributed by atoms with Crippen molar-refractivity contribution in [1.29, 1.82) is 0 Å². The Labute approximate surface area is 126 Å². The minimum Gasteiger partial charge on any atom is -0.481 e. The van der Waals surface area contributed by atoms with Crippen LogP contribution in [0, 0.1) is 11.6 Å². The lowest BCUT2D eigenvalue weighted by atomic mass is 10.2. The van der Waals surface area contributed by atoms with Gasteiger partial charge in [0.2, 0.25) is 5.88 Å². The molecule has 0 spiro atoms. The molecule has 0 aliphatic heterocycles. The topological polar surface area (TPSA) is 63.2 Å². The Bertz CT molecular complexity index is 665. The summed E-state index contributed by atoms with van der Waals surface area (Å²) in [6, 6.07) is 6.06. The third kappa shape index (κ3) is 4.15. The molecule has 5 nitrogen and oxygen atoms in total. The Balaban J connectivity index is 1.87. The average molecular weight is 307 g/mol. The number of urea groups is 1. The van der Waals surface area contributed by atoms with Crippen LogP contribution >= 0.6 is 0 Å². The molecule has 2 rings (SSSR count). The first-order valence-corrected chi connectivity index (χ1v) is 6.53. The lowest BCUT2D eigenvalue weighted by molar-refractivity contribution is 0.240. The molecule has 0 unspecified atom stereocenters. The summed E-state index contributed by atoms with van der Waals surface area (Å²) in [7, 11) is 1.48. The molecule has 1 heterocycles. The van der Waals surface area contributed by atoms with E-state index in [0.29, 0.717) is 11.4 Å². The number of hydrogen-bond acceptors (Lipinski definition) is 3. The summed E-state index contributed by atoms with van der Waals surface area (Å²) < 4.78 is 31.5. The Morgan fingerprint density at radius 2 is 1.91 bits per heavy atom. The van der Waals surface area contributed by atoms with E-state index in [0.717, 1.165) is 18.2 Å². The van der Waals surface area contributed by atoms with Gasteiger partial charge in [-0.15, -0.1) is 0 Å².